The number of rotatable bonds is 6. The highest BCUT2D eigenvalue weighted by Gasteiger charge is 2.49. The van der Waals surface area contributed by atoms with Crippen LogP contribution in [0.3, 0.4) is 0 Å². The minimum absolute atomic E-state index is 0.153. The molecule has 0 radical (unpaired) electrons. The quantitative estimate of drug-likeness (QED) is 0.232. The lowest BCUT2D eigenvalue weighted by Crippen LogP contribution is -2.61. The fourth-order valence-corrected chi connectivity index (χ4v) is 12.0. The molecule has 4 aromatic rings. The molecule has 0 saturated carbocycles. The van der Waals surface area contributed by atoms with E-state index in [-0.39, 0.29) is 40.9 Å². The van der Waals surface area contributed by atoms with Crippen LogP contribution in [0.5, 0.6) is 11.5 Å². The zero-order valence-corrected chi connectivity index (χ0v) is 34.6. The minimum atomic E-state index is -0.652. The molecule has 6 heterocycles. The maximum Gasteiger partial charge on any atom is 0.255 e. The molecule has 2 N–H and O–H groups in total. The van der Waals surface area contributed by atoms with Crippen LogP contribution in [0, 0.1) is 5.41 Å². The lowest BCUT2D eigenvalue weighted by Gasteiger charge is -2.55. The minimum Gasteiger partial charge on any atom is -0.508 e. The van der Waals surface area contributed by atoms with Crippen molar-refractivity contribution in [1.29, 1.82) is 0 Å². The number of nitrogens with zero attached hydrogens (tertiary/aromatic N) is 4. The molecule has 314 valence electrons. The molecule has 1 unspecified atom stereocenters. The van der Waals surface area contributed by atoms with E-state index in [1.54, 1.807) is 4.90 Å². The van der Waals surface area contributed by atoms with E-state index in [4.69, 9.17) is 4.74 Å². The standard InChI is InChI=1S/C50H53N5O6/c56-36-11-13-38-34(26-36)8-12-37(32-4-2-1-3-5-32)45(38)33-6-9-35(10-7-33)54-29-49(30-54)18-24-53(25-19-49)44(58)28-52-22-20-50(21-23-52)31-61-46-40-27-55(42-16-17-43(57)51-47(42)59)48(60)39(40)14-15-41(46)50/h1-7,9-11,13-15,26,37,42,45,56H,8,12,16-25,27-31H2,(H,51,57,59)/t37-,42?,45+/m1/s1. The number of phenols is 1. The number of carbonyl (C=O) groups excluding carboxylic acids is 4. The Balaban J connectivity index is 0.677. The van der Waals surface area contributed by atoms with E-state index < -0.39 is 11.9 Å². The number of nitrogens with one attached hydrogen (secondary N) is 1. The molecule has 4 saturated heterocycles. The van der Waals surface area contributed by atoms with Gasteiger partial charge in [0, 0.05) is 71.7 Å². The number of anilines is 1. The molecule has 1 aliphatic carbocycles. The van der Waals surface area contributed by atoms with Crippen LogP contribution in [0.4, 0.5) is 5.69 Å². The Kier molecular flexibility index (Phi) is 9.25. The Bertz CT molecular complexity index is 2410. The summed E-state index contributed by atoms with van der Waals surface area (Å²) in [5.41, 5.74) is 9.18. The molecule has 3 atom stereocenters. The lowest BCUT2D eigenvalue weighted by atomic mass is 9.69. The predicted molar refractivity (Wildman–Crippen MR) is 230 cm³/mol. The summed E-state index contributed by atoms with van der Waals surface area (Å²) < 4.78 is 6.37. The highest BCUT2D eigenvalue weighted by molar-refractivity contribution is 6.05. The molecule has 11 rings (SSSR count). The summed E-state index contributed by atoms with van der Waals surface area (Å²) in [4.78, 5) is 59.8. The van der Waals surface area contributed by atoms with Crippen LogP contribution >= 0.6 is 0 Å². The van der Waals surface area contributed by atoms with Crippen molar-refractivity contribution >= 4 is 29.3 Å². The van der Waals surface area contributed by atoms with Crippen LogP contribution in [0.1, 0.15) is 101 Å². The van der Waals surface area contributed by atoms with Gasteiger partial charge in [0.05, 0.1) is 19.7 Å². The van der Waals surface area contributed by atoms with Gasteiger partial charge >= 0.3 is 0 Å². The van der Waals surface area contributed by atoms with Crippen LogP contribution in [0.2, 0.25) is 0 Å². The average Bonchev–Trinajstić information content (AvgIpc) is 3.80. The molecule has 2 spiro atoms. The van der Waals surface area contributed by atoms with Gasteiger partial charge in [-0.15, -0.1) is 0 Å². The number of hydrogen-bond donors (Lipinski definition) is 2. The first-order valence-electron chi connectivity index (χ1n) is 22.3. The van der Waals surface area contributed by atoms with Crippen molar-refractivity contribution in [2.45, 2.75) is 81.2 Å². The maximum absolute atomic E-state index is 13.7. The molecule has 4 aromatic carbocycles. The highest BCUT2D eigenvalue weighted by atomic mass is 16.5. The smallest absolute Gasteiger partial charge is 0.255 e. The maximum atomic E-state index is 13.7. The number of ether oxygens (including phenoxy) is 1. The average molecular weight is 820 g/mol. The molecular formula is C50H53N5O6. The van der Waals surface area contributed by atoms with Crippen molar-refractivity contribution in [3.05, 3.63) is 124 Å². The lowest BCUT2D eigenvalue weighted by molar-refractivity contribution is -0.137. The summed E-state index contributed by atoms with van der Waals surface area (Å²) in [5, 5.41) is 12.6. The summed E-state index contributed by atoms with van der Waals surface area (Å²) in [6.45, 7) is 6.58. The zero-order chi connectivity index (χ0) is 41.5. The van der Waals surface area contributed by atoms with E-state index >= 15 is 0 Å². The molecule has 7 aliphatic rings. The number of aryl methyl sites for hydroxylation is 1. The van der Waals surface area contributed by atoms with Crippen molar-refractivity contribution in [2.75, 3.05) is 57.3 Å². The fraction of sp³-hybridized carbons (Fsp3) is 0.440. The van der Waals surface area contributed by atoms with Crippen molar-refractivity contribution in [3.8, 4) is 11.5 Å². The largest absolute Gasteiger partial charge is 0.508 e. The van der Waals surface area contributed by atoms with Gasteiger partial charge in [-0.1, -0.05) is 54.6 Å². The Morgan fingerprint density at radius 1 is 0.820 bits per heavy atom. The molecule has 4 amide bonds. The molecule has 0 bridgehead atoms. The summed E-state index contributed by atoms with van der Waals surface area (Å²) in [7, 11) is 0. The molecule has 61 heavy (non-hydrogen) atoms. The van der Waals surface area contributed by atoms with Crippen molar-refractivity contribution in [3.63, 3.8) is 0 Å². The Morgan fingerprint density at radius 2 is 1.59 bits per heavy atom. The normalized spacial score (nSPS) is 25.1. The SMILES string of the molecule is O=C1CCC(N2Cc3c(ccc4c3OCC43CCN(CC(=O)N4CCC5(CC4)CN(c4ccc([C@@H]6c7ccc(O)cc7CC[C@@H]6c6ccccc6)cc4)C5)CC3)C2=O)C(=O)N1. The molecule has 11 nitrogen and oxygen atoms in total. The number of piperidine rings is 3. The number of carbonyl (C=O) groups is 4. The van der Waals surface area contributed by atoms with Gasteiger partial charge in [0.25, 0.3) is 5.91 Å². The second kappa shape index (κ2) is 14.8. The van der Waals surface area contributed by atoms with Gasteiger partial charge in [0.15, 0.2) is 0 Å². The predicted octanol–water partition coefficient (Wildman–Crippen LogP) is 5.87. The third-order valence-corrected chi connectivity index (χ3v) is 15.6. The number of hydrogen-bond acceptors (Lipinski definition) is 8. The van der Waals surface area contributed by atoms with E-state index in [0.717, 1.165) is 94.7 Å². The first-order valence-corrected chi connectivity index (χ1v) is 22.3. The number of amides is 4. The van der Waals surface area contributed by atoms with Crippen LogP contribution in [0.25, 0.3) is 0 Å². The second-order valence-corrected chi connectivity index (χ2v) is 19.0. The molecule has 0 aromatic heterocycles. The number of benzene rings is 4. The Hall–Kier alpha value is -5.68. The Labute approximate surface area is 356 Å². The monoisotopic (exact) mass is 819 g/mol. The number of aromatic hydroxyl groups is 1. The van der Waals surface area contributed by atoms with E-state index in [9.17, 15) is 24.3 Å². The van der Waals surface area contributed by atoms with Crippen molar-refractivity contribution in [2.24, 2.45) is 5.41 Å². The first kappa shape index (κ1) is 38.3. The first-order chi connectivity index (χ1) is 29.7. The summed E-state index contributed by atoms with van der Waals surface area (Å²) >= 11 is 0. The van der Waals surface area contributed by atoms with Crippen molar-refractivity contribution < 1.29 is 29.0 Å². The van der Waals surface area contributed by atoms with Gasteiger partial charge in [0.2, 0.25) is 17.7 Å². The van der Waals surface area contributed by atoms with Crippen LogP contribution in [-0.2, 0) is 32.8 Å². The highest BCUT2D eigenvalue weighted by Crippen LogP contribution is 2.51. The van der Waals surface area contributed by atoms with E-state index in [2.05, 4.69) is 80.7 Å². The van der Waals surface area contributed by atoms with Gasteiger partial charge in [-0.2, -0.15) is 0 Å². The van der Waals surface area contributed by atoms with Crippen molar-refractivity contribution in [1.82, 2.24) is 20.0 Å². The number of likely N-dealkylation sites (tertiary alicyclic amines) is 2. The van der Waals surface area contributed by atoms with E-state index in [0.29, 0.717) is 43.3 Å². The van der Waals surface area contributed by atoms with Gasteiger partial charge < -0.3 is 24.5 Å². The summed E-state index contributed by atoms with van der Waals surface area (Å²) in [6, 6.07) is 29.3. The summed E-state index contributed by atoms with van der Waals surface area (Å²) in [6.07, 6.45) is 6.39. The van der Waals surface area contributed by atoms with Crippen LogP contribution in [0.15, 0.2) is 84.9 Å². The van der Waals surface area contributed by atoms with E-state index in [1.807, 2.05) is 24.3 Å². The third-order valence-electron chi connectivity index (χ3n) is 15.6. The van der Waals surface area contributed by atoms with Gasteiger partial charge in [-0.25, -0.2) is 0 Å². The topological polar surface area (TPSA) is 123 Å². The number of fused-ring (bicyclic) bond motifs is 5. The van der Waals surface area contributed by atoms with Crippen LogP contribution in [-0.4, -0.2) is 102 Å². The summed E-state index contributed by atoms with van der Waals surface area (Å²) in [5.74, 6) is 1.07. The van der Waals surface area contributed by atoms with Gasteiger partial charge in [0.1, 0.15) is 17.5 Å². The Morgan fingerprint density at radius 3 is 2.34 bits per heavy atom. The number of phenolic OH excluding ortho intramolecular Hbond substituents is 1. The second-order valence-electron chi connectivity index (χ2n) is 19.0. The zero-order valence-electron chi connectivity index (χ0n) is 34.6. The fourth-order valence-electron chi connectivity index (χ4n) is 12.0. The molecule has 11 heteroatoms. The number of imide groups is 1. The molecule has 4 fully saturated rings. The van der Waals surface area contributed by atoms with E-state index in [1.165, 1.54) is 27.9 Å². The molecular weight excluding hydrogens is 767 g/mol. The van der Waals surface area contributed by atoms with Gasteiger partial charge in [-0.05, 0) is 117 Å². The van der Waals surface area contributed by atoms with Gasteiger partial charge in [-0.3, -0.25) is 29.4 Å². The third kappa shape index (κ3) is 6.58. The molecule has 6 aliphatic heterocycles. The van der Waals surface area contributed by atoms with Crippen LogP contribution < -0.4 is 15.0 Å².